The highest BCUT2D eigenvalue weighted by Gasteiger charge is 2.21. The van der Waals surface area contributed by atoms with Crippen LogP contribution in [0.2, 0.25) is 0 Å². The third-order valence-corrected chi connectivity index (χ3v) is 2.45. The van der Waals surface area contributed by atoms with Crippen molar-refractivity contribution in [1.29, 1.82) is 0 Å². The maximum absolute atomic E-state index is 11.6. The smallest absolute Gasteiger partial charge is 0.408 e. The average molecular weight is 304 g/mol. The lowest BCUT2D eigenvalue weighted by atomic mass is 10.2. The van der Waals surface area contributed by atoms with Crippen molar-refractivity contribution >= 4 is 22.0 Å². The molecule has 1 atom stereocenters. The van der Waals surface area contributed by atoms with Gasteiger partial charge in [-0.1, -0.05) is 6.92 Å². The summed E-state index contributed by atoms with van der Waals surface area (Å²) in [5.41, 5.74) is -0.494. The topological polar surface area (TPSA) is 51.5 Å². The number of halogens is 1. The van der Waals surface area contributed by atoms with Crippen molar-refractivity contribution in [3.8, 4) is 0 Å². The number of amides is 1. The van der Waals surface area contributed by atoms with Gasteiger partial charge in [-0.25, -0.2) is 4.79 Å². The molecule has 0 aromatic carbocycles. The molecule has 1 N–H and O–H groups in total. The molecular formula is C12H18BrNO3. The molecule has 0 spiro atoms. The van der Waals surface area contributed by atoms with Crippen LogP contribution >= 0.6 is 15.9 Å². The first-order chi connectivity index (χ1) is 7.81. The van der Waals surface area contributed by atoms with Crippen molar-refractivity contribution < 1.29 is 13.9 Å². The molecule has 1 heterocycles. The predicted octanol–water partition coefficient (Wildman–Crippen LogP) is 4.02. The van der Waals surface area contributed by atoms with Crippen LogP contribution in [0.5, 0.6) is 0 Å². The van der Waals surface area contributed by atoms with E-state index in [0.717, 1.165) is 10.9 Å². The summed E-state index contributed by atoms with van der Waals surface area (Å²) in [6.07, 6.45) is 1.89. The second-order valence-corrected chi connectivity index (χ2v) is 5.69. The Morgan fingerprint density at radius 1 is 1.59 bits per heavy atom. The zero-order chi connectivity index (χ0) is 13.1. The van der Waals surface area contributed by atoms with E-state index in [4.69, 9.17) is 9.15 Å². The van der Waals surface area contributed by atoms with Crippen molar-refractivity contribution in [2.45, 2.75) is 45.8 Å². The summed E-state index contributed by atoms with van der Waals surface area (Å²) in [4.78, 5) is 11.6. The van der Waals surface area contributed by atoms with Crippen LogP contribution in [-0.2, 0) is 4.74 Å². The summed E-state index contributed by atoms with van der Waals surface area (Å²) in [6, 6.07) is 1.67. The van der Waals surface area contributed by atoms with Gasteiger partial charge in [0.2, 0.25) is 0 Å². The van der Waals surface area contributed by atoms with Gasteiger partial charge >= 0.3 is 6.09 Å². The molecule has 1 aromatic heterocycles. The number of hydrogen-bond acceptors (Lipinski definition) is 3. The molecule has 1 aromatic rings. The van der Waals surface area contributed by atoms with Crippen LogP contribution in [0.25, 0.3) is 0 Å². The summed E-state index contributed by atoms with van der Waals surface area (Å²) >= 11 is 3.31. The van der Waals surface area contributed by atoms with Gasteiger partial charge in [-0.3, -0.25) is 0 Å². The summed E-state index contributed by atoms with van der Waals surface area (Å²) in [5.74, 6) is 0.713. The Kier molecular flexibility index (Phi) is 4.62. The maximum Gasteiger partial charge on any atom is 0.408 e. The Labute approximate surface area is 110 Å². The van der Waals surface area contributed by atoms with Crippen LogP contribution in [0.15, 0.2) is 21.2 Å². The normalized spacial score (nSPS) is 13.2. The third-order valence-electron chi connectivity index (χ3n) is 2.03. The molecule has 0 radical (unpaired) electrons. The minimum absolute atomic E-state index is 0.170. The van der Waals surface area contributed by atoms with Gasteiger partial charge < -0.3 is 14.5 Å². The van der Waals surface area contributed by atoms with Crippen molar-refractivity contribution in [2.75, 3.05) is 0 Å². The quantitative estimate of drug-likeness (QED) is 0.917. The van der Waals surface area contributed by atoms with Gasteiger partial charge in [-0.15, -0.1) is 0 Å². The van der Waals surface area contributed by atoms with Crippen LogP contribution in [0.3, 0.4) is 0 Å². The molecule has 1 unspecified atom stereocenters. The largest absolute Gasteiger partial charge is 0.466 e. The predicted molar refractivity (Wildman–Crippen MR) is 68.8 cm³/mol. The second kappa shape index (κ2) is 5.58. The van der Waals surface area contributed by atoms with Crippen LogP contribution in [-0.4, -0.2) is 11.7 Å². The zero-order valence-corrected chi connectivity index (χ0v) is 12.1. The Morgan fingerprint density at radius 2 is 2.24 bits per heavy atom. The van der Waals surface area contributed by atoms with Crippen molar-refractivity contribution in [2.24, 2.45) is 0 Å². The monoisotopic (exact) mass is 303 g/mol. The fraction of sp³-hybridized carbons (Fsp3) is 0.583. The Bertz CT molecular complexity index is 381. The van der Waals surface area contributed by atoms with Crippen LogP contribution in [0, 0.1) is 0 Å². The Balaban J connectivity index is 2.62. The molecule has 5 heteroatoms. The van der Waals surface area contributed by atoms with Crippen LogP contribution in [0.4, 0.5) is 4.79 Å². The van der Waals surface area contributed by atoms with Gasteiger partial charge in [0.15, 0.2) is 0 Å². The van der Waals surface area contributed by atoms with Gasteiger partial charge in [0.1, 0.15) is 17.6 Å². The second-order valence-electron chi connectivity index (χ2n) is 4.77. The van der Waals surface area contributed by atoms with Crippen molar-refractivity contribution in [1.82, 2.24) is 5.32 Å². The molecule has 96 valence electrons. The lowest BCUT2D eigenvalue weighted by molar-refractivity contribution is 0.0496. The Morgan fingerprint density at radius 3 is 2.65 bits per heavy atom. The van der Waals surface area contributed by atoms with E-state index in [1.54, 1.807) is 6.26 Å². The van der Waals surface area contributed by atoms with E-state index < -0.39 is 11.7 Å². The molecule has 1 amide bonds. The number of nitrogens with one attached hydrogen (secondary N) is 1. The highest BCUT2D eigenvalue weighted by atomic mass is 79.9. The summed E-state index contributed by atoms with van der Waals surface area (Å²) in [6.45, 7) is 7.46. The van der Waals surface area contributed by atoms with Crippen LogP contribution in [0.1, 0.15) is 45.9 Å². The Hall–Kier alpha value is -0.970. The number of alkyl carbamates (subject to hydrolysis) is 1. The van der Waals surface area contributed by atoms with Crippen molar-refractivity contribution in [3.05, 3.63) is 22.6 Å². The number of furan rings is 1. The first-order valence-corrected chi connectivity index (χ1v) is 6.34. The van der Waals surface area contributed by atoms with Crippen molar-refractivity contribution in [3.63, 3.8) is 0 Å². The molecule has 0 bridgehead atoms. The first-order valence-electron chi connectivity index (χ1n) is 5.55. The average Bonchev–Trinajstić information content (AvgIpc) is 2.58. The van der Waals surface area contributed by atoms with E-state index in [1.807, 2.05) is 33.8 Å². The van der Waals surface area contributed by atoms with E-state index in [9.17, 15) is 4.79 Å². The molecule has 0 saturated heterocycles. The highest BCUT2D eigenvalue weighted by Crippen LogP contribution is 2.23. The lowest BCUT2D eigenvalue weighted by Crippen LogP contribution is -2.34. The van der Waals surface area contributed by atoms with E-state index in [2.05, 4.69) is 21.2 Å². The number of carbonyl (C=O) groups excluding carboxylic acids is 1. The number of hydrogen-bond donors (Lipinski definition) is 1. The minimum Gasteiger partial charge on any atom is -0.466 e. The third kappa shape index (κ3) is 4.81. The van der Waals surface area contributed by atoms with E-state index >= 15 is 0 Å². The molecule has 4 nitrogen and oxygen atoms in total. The molecule has 0 aliphatic carbocycles. The SMILES string of the molecule is CCC(NC(=O)OC(C)(C)C)c1cc(Br)co1. The standard InChI is InChI=1S/C12H18BrNO3/c1-5-9(10-6-8(13)7-16-10)14-11(15)17-12(2,3)4/h6-7,9H,5H2,1-4H3,(H,14,15). The molecule has 0 fully saturated rings. The van der Waals surface area contributed by atoms with Crippen LogP contribution < -0.4 is 5.32 Å². The van der Waals surface area contributed by atoms with E-state index in [0.29, 0.717) is 5.76 Å². The van der Waals surface area contributed by atoms with E-state index in [1.165, 1.54) is 0 Å². The molecular weight excluding hydrogens is 286 g/mol. The van der Waals surface area contributed by atoms with Gasteiger partial charge in [0.05, 0.1) is 10.5 Å². The minimum atomic E-state index is -0.494. The van der Waals surface area contributed by atoms with Gasteiger partial charge in [-0.05, 0) is 49.2 Å². The molecule has 0 saturated carbocycles. The maximum atomic E-state index is 11.6. The summed E-state index contributed by atoms with van der Waals surface area (Å²) in [5, 5.41) is 2.78. The number of ether oxygens (including phenoxy) is 1. The fourth-order valence-electron chi connectivity index (χ4n) is 1.34. The summed E-state index contributed by atoms with van der Waals surface area (Å²) < 4.78 is 11.4. The zero-order valence-electron chi connectivity index (χ0n) is 10.5. The molecule has 1 rings (SSSR count). The van der Waals surface area contributed by atoms with Gasteiger partial charge in [0, 0.05) is 0 Å². The number of carbonyl (C=O) groups is 1. The lowest BCUT2D eigenvalue weighted by Gasteiger charge is -2.22. The number of rotatable bonds is 3. The highest BCUT2D eigenvalue weighted by molar-refractivity contribution is 9.10. The molecule has 17 heavy (non-hydrogen) atoms. The molecule has 0 aliphatic heterocycles. The molecule has 0 aliphatic rings. The fourth-order valence-corrected chi connectivity index (χ4v) is 1.65. The summed E-state index contributed by atoms with van der Waals surface area (Å²) in [7, 11) is 0. The van der Waals surface area contributed by atoms with Gasteiger partial charge in [0.25, 0.3) is 0 Å². The van der Waals surface area contributed by atoms with Gasteiger partial charge in [-0.2, -0.15) is 0 Å². The first kappa shape index (κ1) is 14.1. The van der Waals surface area contributed by atoms with E-state index in [-0.39, 0.29) is 6.04 Å².